The summed E-state index contributed by atoms with van der Waals surface area (Å²) in [7, 11) is 4.37. The van der Waals surface area contributed by atoms with Crippen molar-refractivity contribution < 1.29 is 38.3 Å². The van der Waals surface area contributed by atoms with Crippen LogP contribution in [-0.4, -0.2) is 81.3 Å². The first-order valence-electron chi connectivity index (χ1n) is 17.7. The number of rotatable bonds is 16. The lowest BCUT2D eigenvalue weighted by Crippen LogP contribution is -2.55. The van der Waals surface area contributed by atoms with Crippen molar-refractivity contribution in [2.75, 3.05) is 52.5 Å². The van der Waals surface area contributed by atoms with Crippen LogP contribution in [-0.2, 0) is 29.2 Å². The Labute approximate surface area is 293 Å². The highest BCUT2D eigenvalue weighted by Crippen LogP contribution is 2.55. The summed E-state index contributed by atoms with van der Waals surface area (Å²) in [6, 6.07) is 12.2. The number of hydrogen-bond donors (Lipinski definition) is 0. The highest BCUT2D eigenvalue weighted by atomic mass is 16.6. The molecule has 3 aliphatic rings. The Hall–Kier alpha value is -4.45. The number of methoxy groups -OCH3 is 3. The van der Waals surface area contributed by atoms with E-state index in [9.17, 15) is 24.5 Å². The number of nitro groups is 1. The number of anilines is 1. The molecule has 4 atom stereocenters. The van der Waals surface area contributed by atoms with Crippen molar-refractivity contribution in [2.45, 2.75) is 76.2 Å². The molecular weight excluding hydrogens is 642 g/mol. The molecule has 2 aromatic carbocycles. The van der Waals surface area contributed by atoms with Crippen molar-refractivity contribution in [3.8, 4) is 5.75 Å². The molecule has 50 heavy (non-hydrogen) atoms. The SMILES string of the molecule is CC[C@H]1CN2CC[C@]3(C(=O)N(CCCCCCCCOC(=O)c4cc(OC)ccc4[N+](=O)[O-])c4ccccc43)[C@@H]2C[C@@H]1/C(=C\OC)C(=O)OC. The number of fused-ring (bicyclic) bond motifs is 4. The average Bonchev–Trinajstić information content (AvgIpc) is 3.62. The molecule has 270 valence electrons. The molecule has 3 heterocycles. The number of amides is 1. The van der Waals surface area contributed by atoms with Crippen LogP contribution >= 0.6 is 0 Å². The van der Waals surface area contributed by atoms with Crippen LogP contribution in [0.4, 0.5) is 11.4 Å². The van der Waals surface area contributed by atoms with Gasteiger partial charge in [0.25, 0.3) is 5.69 Å². The molecule has 0 radical (unpaired) electrons. The number of unbranched alkanes of at least 4 members (excludes halogenated alkanes) is 5. The lowest BCUT2D eigenvalue weighted by atomic mass is 9.67. The van der Waals surface area contributed by atoms with Crippen LogP contribution in [0.3, 0.4) is 0 Å². The molecule has 2 fully saturated rings. The van der Waals surface area contributed by atoms with E-state index in [2.05, 4.69) is 24.0 Å². The van der Waals surface area contributed by atoms with Crippen molar-refractivity contribution in [2.24, 2.45) is 11.8 Å². The topological polar surface area (TPSA) is 138 Å². The van der Waals surface area contributed by atoms with Gasteiger partial charge in [0.05, 0.1) is 50.1 Å². The third kappa shape index (κ3) is 7.21. The van der Waals surface area contributed by atoms with E-state index >= 15 is 0 Å². The minimum atomic E-state index is -0.737. The number of hydrogen-bond acceptors (Lipinski definition) is 10. The maximum Gasteiger partial charge on any atom is 0.345 e. The van der Waals surface area contributed by atoms with E-state index in [0.29, 0.717) is 30.7 Å². The number of nitro benzene ring substituents is 1. The van der Waals surface area contributed by atoms with Gasteiger partial charge < -0.3 is 23.8 Å². The Bertz CT molecular complexity index is 1590. The molecule has 1 spiro atoms. The average molecular weight is 692 g/mol. The summed E-state index contributed by atoms with van der Waals surface area (Å²) >= 11 is 0. The van der Waals surface area contributed by atoms with E-state index in [1.807, 2.05) is 17.0 Å². The van der Waals surface area contributed by atoms with E-state index < -0.39 is 16.3 Å². The van der Waals surface area contributed by atoms with Crippen LogP contribution in [0.1, 0.15) is 80.6 Å². The van der Waals surface area contributed by atoms with Gasteiger partial charge in [-0.15, -0.1) is 0 Å². The predicted molar refractivity (Wildman–Crippen MR) is 187 cm³/mol. The summed E-state index contributed by atoms with van der Waals surface area (Å²) in [5.74, 6) is -0.421. The Kier molecular flexibility index (Phi) is 12.2. The minimum absolute atomic E-state index is 0.0250. The van der Waals surface area contributed by atoms with Crippen LogP contribution in [0.25, 0.3) is 0 Å². The normalized spacial score (nSPS) is 23.0. The largest absolute Gasteiger partial charge is 0.504 e. The van der Waals surface area contributed by atoms with Gasteiger partial charge in [-0.3, -0.25) is 19.8 Å². The summed E-state index contributed by atoms with van der Waals surface area (Å²) in [6.07, 6.45) is 9.11. The van der Waals surface area contributed by atoms with Gasteiger partial charge in [0.15, 0.2) is 0 Å². The first-order chi connectivity index (χ1) is 24.2. The van der Waals surface area contributed by atoms with E-state index in [1.54, 1.807) is 7.11 Å². The van der Waals surface area contributed by atoms with Crippen LogP contribution in [0, 0.1) is 22.0 Å². The minimum Gasteiger partial charge on any atom is -0.504 e. The molecule has 5 rings (SSSR count). The van der Waals surface area contributed by atoms with Crippen molar-refractivity contribution in [1.82, 2.24) is 4.90 Å². The third-order valence-electron chi connectivity index (χ3n) is 10.8. The van der Waals surface area contributed by atoms with E-state index in [4.69, 9.17) is 18.9 Å². The van der Waals surface area contributed by atoms with Gasteiger partial charge in [0.1, 0.15) is 11.3 Å². The summed E-state index contributed by atoms with van der Waals surface area (Å²) in [5.41, 5.74) is 1.54. The summed E-state index contributed by atoms with van der Waals surface area (Å²) in [4.78, 5) is 55.1. The van der Waals surface area contributed by atoms with E-state index in [1.165, 1.54) is 38.7 Å². The van der Waals surface area contributed by atoms with Crippen molar-refractivity contribution >= 4 is 29.2 Å². The van der Waals surface area contributed by atoms with E-state index in [0.717, 1.165) is 69.3 Å². The Morgan fingerprint density at radius 3 is 2.48 bits per heavy atom. The standard InChI is InChI=1S/C38H49N3O9/c1-5-26-24-39-20-18-38(34(39)23-28(26)30(25-47-2)35(42)49-4)31-14-10-11-15-33(31)40(37(38)44)19-12-8-6-7-9-13-21-50-36(43)29-22-27(48-3)16-17-32(29)41(45)46/h10-11,14-17,22,25-26,28,34H,5-9,12-13,18-21,23-24H2,1-4H3/b30-25+/t26-,28-,34-,38+/m0/s1. The Balaban J connectivity index is 1.14. The molecule has 1 amide bonds. The second-order valence-corrected chi connectivity index (χ2v) is 13.4. The first kappa shape index (κ1) is 36.8. The number of carbonyl (C=O) groups is 3. The smallest absolute Gasteiger partial charge is 0.345 e. The molecule has 0 aliphatic carbocycles. The van der Waals surface area contributed by atoms with Crippen LogP contribution in [0.2, 0.25) is 0 Å². The second kappa shape index (κ2) is 16.5. The fourth-order valence-corrected chi connectivity index (χ4v) is 8.33. The van der Waals surface area contributed by atoms with Gasteiger partial charge in [-0.1, -0.05) is 57.2 Å². The molecule has 3 aliphatic heterocycles. The zero-order chi connectivity index (χ0) is 35.8. The molecule has 0 N–H and O–H groups in total. The van der Waals surface area contributed by atoms with Gasteiger partial charge >= 0.3 is 11.9 Å². The maximum atomic E-state index is 14.6. The molecule has 0 bridgehead atoms. The molecule has 2 saturated heterocycles. The number of ether oxygens (including phenoxy) is 4. The maximum absolute atomic E-state index is 14.6. The quantitative estimate of drug-likeness (QED) is 0.0499. The molecule has 0 unspecified atom stereocenters. The molecular formula is C38H49N3O9. The number of piperidine rings is 1. The van der Waals surface area contributed by atoms with Crippen LogP contribution < -0.4 is 9.64 Å². The zero-order valence-electron chi connectivity index (χ0n) is 29.6. The number of carbonyl (C=O) groups excluding carboxylic acids is 3. The highest BCUT2D eigenvalue weighted by Gasteiger charge is 2.62. The lowest BCUT2D eigenvalue weighted by molar-refractivity contribution is -0.385. The fourth-order valence-electron chi connectivity index (χ4n) is 8.33. The van der Waals surface area contributed by atoms with Gasteiger partial charge in [-0.25, -0.2) is 9.59 Å². The molecule has 0 aromatic heterocycles. The highest BCUT2D eigenvalue weighted by molar-refractivity contribution is 6.09. The summed E-state index contributed by atoms with van der Waals surface area (Å²) in [6.45, 7) is 4.63. The monoisotopic (exact) mass is 691 g/mol. The Morgan fingerprint density at radius 1 is 1.04 bits per heavy atom. The fraction of sp³-hybridized carbons (Fsp3) is 0.553. The second-order valence-electron chi connectivity index (χ2n) is 13.4. The summed E-state index contributed by atoms with van der Waals surface area (Å²) < 4.78 is 20.9. The number of nitrogens with zero attached hydrogens (tertiary/aromatic N) is 3. The Morgan fingerprint density at radius 2 is 1.78 bits per heavy atom. The number of para-hydroxylation sites is 1. The molecule has 12 nitrogen and oxygen atoms in total. The van der Waals surface area contributed by atoms with Crippen LogP contribution in [0.5, 0.6) is 5.75 Å². The third-order valence-corrected chi connectivity index (χ3v) is 10.8. The molecule has 2 aromatic rings. The van der Waals surface area contributed by atoms with E-state index in [-0.39, 0.29) is 47.6 Å². The van der Waals surface area contributed by atoms with Gasteiger partial charge in [0.2, 0.25) is 5.91 Å². The number of benzene rings is 2. The number of esters is 2. The van der Waals surface area contributed by atoms with Gasteiger partial charge in [0, 0.05) is 37.0 Å². The summed E-state index contributed by atoms with van der Waals surface area (Å²) in [5, 5.41) is 11.3. The first-order valence-corrected chi connectivity index (χ1v) is 17.7. The van der Waals surface area contributed by atoms with Gasteiger partial charge in [-0.2, -0.15) is 0 Å². The molecule has 12 heteroatoms. The van der Waals surface area contributed by atoms with Gasteiger partial charge in [-0.05, 0) is 61.8 Å². The van der Waals surface area contributed by atoms with Crippen molar-refractivity contribution in [1.29, 1.82) is 0 Å². The molecule has 0 saturated carbocycles. The van der Waals surface area contributed by atoms with Crippen molar-refractivity contribution in [3.63, 3.8) is 0 Å². The lowest BCUT2D eigenvalue weighted by Gasteiger charge is -2.45. The zero-order valence-corrected chi connectivity index (χ0v) is 29.6. The van der Waals surface area contributed by atoms with Crippen LogP contribution in [0.15, 0.2) is 54.3 Å². The van der Waals surface area contributed by atoms with Crippen molar-refractivity contribution in [3.05, 3.63) is 75.5 Å². The predicted octanol–water partition coefficient (Wildman–Crippen LogP) is 6.21.